The Morgan fingerprint density at radius 3 is 2.68 bits per heavy atom. The Morgan fingerprint density at radius 1 is 1.24 bits per heavy atom. The summed E-state index contributed by atoms with van der Waals surface area (Å²) in [6.45, 7) is 4.66. The molecule has 5 nitrogen and oxygen atoms in total. The smallest absolute Gasteiger partial charge is 0.261 e. The van der Waals surface area contributed by atoms with E-state index in [1.54, 1.807) is 14.2 Å². The molecule has 0 saturated heterocycles. The van der Waals surface area contributed by atoms with Gasteiger partial charge in [-0.1, -0.05) is 12.1 Å². The number of thiophene rings is 1. The lowest BCUT2D eigenvalue weighted by Gasteiger charge is -2.12. The highest BCUT2D eigenvalue weighted by atomic mass is 32.1. The Labute approximate surface area is 151 Å². The Morgan fingerprint density at radius 2 is 2.04 bits per heavy atom. The minimum Gasteiger partial charge on any atom is -0.493 e. The molecule has 0 fully saturated rings. The second-order valence-electron chi connectivity index (χ2n) is 6.06. The topological polar surface area (TPSA) is 52.5 Å². The summed E-state index contributed by atoms with van der Waals surface area (Å²) < 4.78 is 14.0. The molecule has 0 unspecified atom stereocenters. The number of benzene rings is 1. The first-order valence-corrected chi connectivity index (χ1v) is 8.94. The average Bonchev–Trinajstić information content (AvgIpc) is 3.18. The zero-order valence-electron chi connectivity index (χ0n) is 14.8. The van der Waals surface area contributed by atoms with Gasteiger partial charge in [-0.3, -0.25) is 4.79 Å². The number of para-hydroxylation sites is 1. The molecular formula is C19H22N2O3S. The van der Waals surface area contributed by atoms with E-state index in [9.17, 15) is 4.79 Å². The predicted octanol–water partition coefficient (Wildman–Crippen LogP) is 4.23. The number of rotatable bonds is 6. The molecule has 1 N–H and O–H groups in total. The first-order valence-electron chi connectivity index (χ1n) is 8.12. The second kappa shape index (κ2) is 7.19. The van der Waals surface area contributed by atoms with E-state index in [1.807, 2.05) is 24.3 Å². The third-order valence-corrected chi connectivity index (χ3v) is 5.17. The van der Waals surface area contributed by atoms with Crippen molar-refractivity contribution in [3.63, 3.8) is 0 Å². The van der Waals surface area contributed by atoms with Crippen LogP contribution in [0.1, 0.15) is 35.1 Å². The van der Waals surface area contributed by atoms with E-state index >= 15 is 0 Å². The van der Waals surface area contributed by atoms with E-state index < -0.39 is 0 Å². The lowest BCUT2D eigenvalue weighted by molar-refractivity contribution is 0.0954. The highest BCUT2D eigenvalue weighted by Crippen LogP contribution is 2.31. The number of carbonyl (C=O) groups excluding carboxylic acids is 1. The number of nitrogens with one attached hydrogen (secondary N) is 1. The summed E-state index contributed by atoms with van der Waals surface area (Å²) in [5.41, 5.74) is 0.878. The molecule has 2 heterocycles. The molecule has 0 atom stereocenters. The van der Waals surface area contributed by atoms with E-state index in [0.717, 1.165) is 15.6 Å². The Hall–Kier alpha value is -2.47. The molecule has 0 radical (unpaired) electrons. The summed E-state index contributed by atoms with van der Waals surface area (Å²) in [4.78, 5) is 13.2. The van der Waals surface area contributed by atoms with E-state index in [4.69, 9.17) is 9.47 Å². The van der Waals surface area contributed by atoms with Crippen molar-refractivity contribution in [1.29, 1.82) is 0 Å². The van der Waals surface area contributed by atoms with Gasteiger partial charge >= 0.3 is 0 Å². The first-order chi connectivity index (χ1) is 12.0. The van der Waals surface area contributed by atoms with Gasteiger partial charge < -0.3 is 19.4 Å². The van der Waals surface area contributed by atoms with Gasteiger partial charge in [0, 0.05) is 35.9 Å². The maximum atomic E-state index is 12.5. The van der Waals surface area contributed by atoms with Crippen LogP contribution in [-0.4, -0.2) is 24.7 Å². The number of hydrogen-bond donors (Lipinski definition) is 1. The lowest BCUT2D eigenvalue weighted by Crippen LogP contribution is -2.22. The second-order valence-corrected chi connectivity index (χ2v) is 7.15. The highest BCUT2D eigenvalue weighted by Gasteiger charge is 2.14. The summed E-state index contributed by atoms with van der Waals surface area (Å²) in [6, 6.07) is 7.99. The van der Waals surface area contributed by atoms with Gasteiger partial charge in [-0.15, -0.1) is 11.3 Å². The fourth-order valence-corrected chi connectivity index (χ4v) is 3.71. The Balaban J connectivity index is 1.74. The zero-order valence-corrected chi connectivity index (χ0v) is 15.6. The average molecular weight is 358 g/mol. The molecule has 1 aromatic carbocycles. The van der Waals surface area contributed by atoms with E-state index in [-0.39, 0.29) is 5.91 Å². The quantitative estimate of drug-likeness (QED) is 0.717. The minimum atomic E-state index is -0.0813. The third kappa shape index (κ3) is 3.49. The van der Waals surface area contributed by atoms with Crippen molar-refractivity contribution in [2.24, 2.45) is 0 Å². The van der Waals surface area contributed by atoms with Gasteiger partial charge in [-0.05, 0) is 26.0 Å². The molecule has 2 aromatic heterocycles. The maximum Gasteiger partial charge on any atom is 0.261 e. The van der Waals surface area contributed by atoms with Crippen LogP contribution in [0.3, 0.4) is 0 Å². The van der Waals surface area contributed by atoms with Gasteiger partial charge in [-0.2, -0.15) is 0 Å². The Bertz CT molecular complexity index is 864. The van der Waals surface area contributed by atoms with Crippen molar-refractivity contribution in [3.8, 4) is 11.5 Å². The molecule has 0 spiro atoms. The monoisotopic (exact) mass is 358 g/mol. The maximum absolute atomic E-state index is 12.5. The van der Waals surface area contributed by atoms with Crippen molar-refractivity contribution in [1.82, 2.24) is 9.88 Å². The van der Waals surface area contributed by atoms with Crippen LogP contribution in [-0.2, 0) is 6.54 Å². The van der Waals surface area contributed by atoms with Crippen LogP contribution in [0.5, 0.6) is 11.5 Å². The number of methoxy groups -OCH3 is 2. The number of aromatic nitrogens is 1. The molecule has 0 aliphatic rings. The van der Waals surface area contributed by atoms with Crippen LogP contribution < -0.4 is 14.8 Å². The molecule has 132 valence electrons. The molecule has 3 rings (SSSR count). The van der Waals surface area contributed by atoms with Crippen molar-refractivity contribution < 1.29 is 14.3 Å². The number of nitrogens with zero attached hydrogens (tertiary/aromatic N) is 1. The van der Waals surface area contributed by atoms with Gasteiger partial charge in [0.25, 0.3) is 5.91 Å². The third-order valence-electron chi connectivity index (χ3n) is 4.09. The van der Waals surface area contributed by atoms with Crippen LogP contribution in [0, 0.1) is 0 Å². The minimum absolute atomic E-state index is 0.0813. The number of hydrogen-bond acceptors (Lipinski definition) is 4. The number of ether oxygens (including phenoxy) is 2. The predicted molar refractivity (Wildman–Crippen MR) is 101 cm³/mol. The van der Waals surface area contributed by atoms with Crippen molar-refractivity contribution >= 4 is 27.3 Å². The van der Waals surface area contributed by atoms with Gasteiger partial charge in [-0.25, -0.2) is 0 Å². The Kier molecular flexibility index (Phi) is 4.99. The molecule has 6 heteroatoms. The summed E-state index contributed by atoms with van der Waals surface area (Å²) in [7, 11) is 3.19. The van der Waals surface area contributed by atoms with Crippen LogP contribution in [0.4, 0.5) is 0 Å². The van der Waals surface area contributed by atoms with Crippen molar-refractivity contribution in [2.45, 2.75) is 26.4 Å². The molecule has 0 bridgehead atoms. The van der Waals surface area contributed by atoms with Gasteiger partial charge in [0.2, 0.25) is 0 Å². The molecule has 0 aliphatic heterocycles. The zero-order chi connectivity index (χ0) is 18.0. The molecule has 1 amide bonds. The number of carbonyl (C=O) groups is 1. The molecule has 0 aliphatic carbocycles. The summed E-state index contributed by atoms with van der Waals surface area (Å²) in [6.07, 6.45) is 4.17. The fraction of sp³-hybridized carbons (Fsp3) is 0.316. The van der Waals surface area contributed by atoms with E-state index in [0.29, 0.717) is 29.0 Å². The molecule has 3 aromatic rings. The van der Waals surface area contributed by atoms with Gasteiger partial charge in [0.1, 0.15) is 0 Å². The molecule has 0 saturated carbocycles. The normalized spacial score (nSPS) is 11.1. The molecular weight excluding hydrogens is 336 g/mol. The number of amides is 1. The van der Waals surface area contributed by atoms with E-state index in [2.05, 4.69) is 36.1 Å². The standard InChI is InChI=1S/C19H22N2O3S/c1-12(2)21-10-14-8-16(25-17(14)11-21)19(22)20-9-13-6-5-7-15(23-3)18(13)24-4/h5-8,10-12H,9H2,1-4H3,(H,20,22). The van der Waals surface area contributed by atoms with E-state index in [1.165, 1.54) is 11.3 Å². The van der Waals surface area contributed by atoms with Crippen LogP contribution in [0.15, 0.2) is 36.7 Å². The summed E-state index contributed by atoms with van der Waals surface area (Å²) in [5, 5.41) is 4.06. The lowest BCUT2D eigenvalue weighted by atomic mass is 10.2. The SMILES string of the molecule is COc1cccc(CNC(=O)c2cc3cn(C(C)C)cc3s2)c1OC. The highest BCUT2D eigenvalue weighted by molar-refractivity contribution is 7.20. The summed E-state index contributed by atoms with van der Waals surface area (Å²) >= 11 is 1.51. The largest absolute Gasteiger partial charge is 0.493 e. The van der Waals surface area contributed by atoms with Gasteiger partial charge in [0.05, 0.1) is 23.8 Å². The van der Waals surface area contributed by atoms with Crippen molar-refractivity contribution in [2.75, 3.05) is 14.2 Å². The molecule has 25 heavy (non-hydrogen) atoms. The van der Waals surface area contributed by atoms with Crippen LogP contribution in [0.2, 0.25) is 0 Å². The summed E-state index contributed by atoms with van der Waals surface area (Å²) in [5.74, 6) is 1.22. The number of fused-ring (bicyclic) bond motifs is 1. The van der Waals surface area contributed by atoms with Gasteiger partial charge in [0.15, 0.2) is 11.5 Å². The first kappa shape index (κ1) is 17.4. The van der Waals surface area contributed by atoms with Crippen molar-refractivity contribution in [3.05, 3.63) is 47.1 Å². The fourth-order valence-electron chi connectivity index (χ4n) is 2.72. The van der Waals surface area contributed by atoms with Crippen LogP contribution in [0.25, 0.3) is 10.1 Å². The van der Waals surface area contributed by atoms with Crippen LogP contribution >= 0.6 is 11.3 Å².